The number of nitrogens with zero attached hydrogens (tertiary/aromatic N) is 4. The van der Waals surface area contributed by atoms with Gasteiger partial charge in [-0.25, -0.2) is 4.39 Å². The van der Waals surface area contributed by atoms with Crippen molar-refractivity contribution in [2.75, 3.05) is 27.4 Å². The molecule has 4 aromatic rings. The van der Waals surface area contributed by atoms with Gasteiger partial charge in [0.25, 0.3) is 5.91 Å². The standard InChI is InChI=1S/C22H20FN5O4/c1-30-17-7-6-14(13-18(17)31-2)21-26-25-19-8-9-20(27-28(19)21)32-11-10-24-22(29)15-4-3-5-16(23)12-15/h3-9,12-13H,10-11H2,1-2H3,(H,24,29). The van der Waals surface area contributed by atoms with Gasteiger partial charge in [-0.3, -0.25) is 4.79 Å². The third-order valence-electron chi connectivity index (χ3n) is 4.60. The van der Waals surface area contributed by atoms with E-state index in [-0.39, 0.29) is 24.6 Å². The van der Waals surface area contributed by atoms with Gasteiger partial charge in [-0.05, 0) is 42.5 Å². The van der Waals surface area contributed by atoms with Gasteiger partial charge in [-0.15, -0.1) is 15.3 Å². The fraction of sp³-hybridized carbons (Fsp3) is 0.182. The Balaban J connectivity index is 1.44. The number of methoxy groups -OCH3 is 2. The van der Waals surface area contributed by atoms with Gasteiger partial charge in [0.1, 0.15) is 12.4 Å². The SMILES string of the molecule is COc1ccc(-c2nnc3ccc(OCCNC(=O)c4cccc(F)c4)nn23)cc1OC. The first kappa shape index (κ1) is 21.0. The molecule has 0 atom stereocenters. The van der Waals surface area contributed by atoms with Crippen LogP contribution in [0.1, 0.15) is 10.4 Å². The lowest BCUT2D eigenvalue weighted by atomic mass is 10.2. The minimum atomic E-state index is -0.467. The van der Waals surface area contributed by atoms with Crippen molar-refractivity contribution in [3.63, 3.8) is 0 Å². The molecule has 2 heterocycles. The summed E-state index contributed by atoms with van der Waals surface area (Å²) in [6.07, 6.45) is 0. The molecule has 4 rings (SSSR count). The number of nitrogens with one attached hydrogen (secondary N) is 1. The molecule has 32 heavy (non-hydrogen) atoms. The second kappa shape index (κ2) is 9.29. The van der Waals surface area contributed by atoms with Crippen LogP contribution in [0.3, 0.4) is 0 Å². The Morgan fingerprint density at radius 1 is 1.03 bits per heavy atom. The van der Waals surface area contributed by atoms with Crippen LogP contribution >= 0.6 is 0 Å². The molecule has 0 saturated heterocycles. The number of fused-ring (bicyclic) bond motifs is 1. The normalized spacial score (nSPS) is 10.7. The van der Waals surface area contributed by atoms with Crippen LogP contribution < -0.4 is 19.5 Å². The largest absolute Gasteiger partial charge is 0.493 e. The number of amides is 1. The zero-order valence-corrected chi connectivity index (χ0v) is 17.4. The predicted octanol–water partition coefficient (Wildman–Crippen LogP) is 2.76. The van der Waals surface area contributed by atoms with E-state index in [1.54, 1.807) is 43.0 Å². The van der Waals surface area contributed by atoms with E-state index in [4.69, 9.17) is 14.2 Å². The first-order valence-corrected chi connectivity index (χ1v) is 9.70. The van der Waals surface area contributed by atoms with Crippen LogP contribution in [-0.4, -0.2) is 53.1 Å². The number of ether oxygens (including phenoxy) is 3. The van der Waals surface area contributed by atoms with Crippen molar-refractivity contribution < 1.29 is 23.4 Å². The van der Waals surface area contributed by atoms with Gasteiger partial charge in [0.2, 0.25) is 5.88 Å². The average Bonchev–Trinajstić information content (AvgIpc) is 3.24. The van der Waals surface area contributed by atoms with Crippen molar-refractivity contribution in [2.24, 2.45) is 0 Å². The molecule has 0 aliphatic rings. The maximum Gasteiger partial charge on any atom is 0.251 e. The summed E-state index contributed by atoms with van der Waals surface area (Å²) in [7, 11) is 3.12. The second-order valence-electron chi connectivity index (χ2n) is 6.65. The minimum absolute atomic E-state index is 0.174. The first-order valence-electron chi connectivity index (χ1n) is 9.70. The molecule has 0 fully saturated rings. The molecule has 9 nitrogen and oxygen atoms in total. The Bertz CT molecular complexity index is 1260. The maximum atomic E-state index is 13.2. The lowest BCUT2D eigenvalue weighted by Crippen LogP contribution is -2.28. The molecular formula is C22H20FN5O4. The molecule has 1 amide bonds. The summed E-state index contributed by atoms with van der Waals surface area (Å²) in [5, 5.41) is 15.4. The highest BCUT2D eigenvalue weighted by Gasteiger charge is 2.14. The Morgan fingerprint density at radius 2 is 1.88 bits per heavy atom. The van der Waals surface area contributed by atoms with Crippen molar-refractivity contribution in [2.45, 2.75) is 0 Å². The molecule has 0 unspecified atom stereocenters. The summed E-state index contributed by atoms with van der Waals surface area (Å²) in [5.41, 5.74) is 1.53. The summed E-state index contributed by atoms with van der Waals surface area (Å²) < 4.78 is 31.1. The van der Waals surface area contributed by atoms with Gasteiger partial charge in [-0.1, -0.05) is 6.07 Å². The zero-order chi connectivity index (χ0) is 22.5. The molecule has 2 aromatic heterocycles. The van der Waals surface area contributed by atoms with E-state index < -0.39 is 5.82 Å². The van der Waals surface area contributed by atoms with Crippen LogP contribution in [0.15, 0.2) is 54.6 Å². The van der Waals surface area contributed by atoms with E-state index in [1.807, 2.05) is 6.07 Å². The van der Waals surface area contributed by atoms with Crippen molar-refractivity contribution in [1.29, 1.82) is 0 Å². The Hall–Kier alpha value is -4.21. The smallest absolute Gasteiger partial charge is 0.251 e. The van der Waals surface area contributed by atoms with Gasteiger partial charge < -0.3 is 19.5 Å². The van der Waals surface area contributed by atoms with Crippen LogP contribution in [0.2, 0.25) is 0 Å². The van der Waals surface area contributed by atoms with E-state index in [9.17, 15) is 9.18 Å². The minimum Gasteiger partial charge on any atom is -0.493 e. The first-order chi connectivity index (χ1) is 15.6. The highest BCUT2D eigenvalue weighted by atomic mass is 19.1. The molecule has 1 N–H and O–H groups in total. The molecule has 10 heteroatoms. The van der Waals surface area contributed by atoms with E-state index in [2.05, 4.69) is 20.6 Å². The van der Waals surface area contributed by atoms with Gasteiger partial charge in [0.05, 0.1) is 20.8 Å². The number of hydrogen-bond acceptors (Lipinski definition) is 7. The second-order valence-corrected chi connectivity index (χ2v) is 6.65. The lowest BCUT2D eigenvalue weighted by Gasteiger charge is -2.09. The Labute approximate surface area is 182 Å². The zero-order valence-electron chi connectivity index (χ0n) is 17.4. The van der Waals surface area contributed by atoms with Gasteiger partial charge in [0, 0.05) is 17.2 Å². The molecule has 2 aromatic carbocycles. The van der Waals surface area contributed by atoms with E-state index in [0.717, 1.165) is 5.56 Å². The number of rotatable bonds is 8. The summed E-state index contributed by atoms with van der Waals surface area (Å²) in [4.78, 5) is 12.1. The number of halogens is 1. The number of carbonyl (C=O) groups excluding carboxylic acids is 1. The Morgan fingerprint density at radius 3 is 2.66 bits per heavy atom. The highest BCUT2D eigenvalue weighted by molar-refractivity contribution is 5.94. The summed E-state index contributed by atoms with van der Waals surface area (Å²) in [5.74, 6) is 1.15. The summed E-state index contributed by atoms with van der Waals surface area (Å²) in [6, 6.07) is 14.3. The number of carbonyl (C=O) groups is 1. The van der Waals surface area contributed by atoms with Crippen molar-refractivity contribution >= 4 is 11.6 Å². The molecule has 0 bridgehead atoms. The molecular weight excluding hydrogens is 417 g/mol. The van der Waals surface area contributed by atoms with Gasteiger partial charge in [-0.2, -0.15) is 4.52 Å². The predicted molar refractivity (Wildman–Crippen MR) is 114 cm³/mol. The molecule has 0 aliphatic heterocycles. The van der Waals surface area contributed by atoms with Crippen LogP contribution in [0.5, 0.6) is 17.4 Å². The van der Waals surface area contributed by atoms with Crippen molar-refractivity contribution in [3.8, 4) is 28.8 Å². The number of aromatic nitrogens is 4. The van der Waals surface area contributed by atoms with E-state index in [0.29, 0.717) is 28.9 Å². The van der Waals surface area contributed by atoms with E-state index >= 15 is 0 Å². The quantitative estimate of drug-likeness (QED) is 0.423. The fourth-order valence-electron chi connectivity index (χ4n) is 3.06. The number of benzene rings is 2. The Kier molecular flexibility index (Phi) is 6.11. The van der Waals surface area contributed by atoms with Crippen molar-refractivity contribution in [1.82, 2.24) is 25.1 Å². The van der Waals surface area contributed by atoms with Crippen LogP contribution in [-0.2, 0) is 0 Å². The maximum absolute atomic E-state index is 13.2. The van der Waals surface area contributed by atoms with Crippen LogP contribution in [0.4, 0.5) is 4.39 Å². The lowest BCUT2D eigenvalue weighted by molar-refractivity contribution is 0.0946. The fourth-order valence-corrected chi connectivity index (χ4v) is 3.06. The molecule has 164 valence electrons. The topological polar surface area (TPSA) is 99.9 Å². The van der Waals surface area contributed by atoms with Gasteiger partial charge >= 0.3 is 0 Å². The number of hydrogen-bond donors (Lipinski definition) is 1. The average molecular weight is 437 g/mol. The highest BCUT2D eigenvalue weighted by Crippen LogP contribution is 2.31. The monoisotopic (exact) mass is 437 g/mol. The molecule has 0 saturated carbocycles. The van der Waals surface area contributed by atoms with Gasteiger partial charge in [0.15, 0.2) is 23.0 Å². The molecule has 0 radical (unpaired) electrons. The molecule has 0 spiro atoms. The third-order valence-corrected chi connectivity index (χ3v) is 4.60. The third kappa shape index (κ3) is 4.43. The van der Waals surface area contributed by atoms with Crippen molar-refractivity contribution in [3.05, 3.63) is 66.0 Å². The van der Waals surface area contributed by atoms with E-state index in [1.165, 1.54) is 24.3 Å². The molecule has 0 aliphatic carbocycles. The van der Waals surface area contributed by atoms with Crippen LogP contribution in [0.25, 0.3) is 17.0 Å². The summed E-state index contributed by atoms with van der Waals surface area (Å²) >= 11 is 0. The summed E-state index contributed by atoms with van der Waals surface area (Å²) in [6.45, 7) is 0.396. The van der Waals surface area contributed by atoms with Crippen LogP contribution in [0, 0.1) is 5.82 Å².